The van der Waals surface area contributed by atoms with Gasteiger partial charge in [0.2, 0.25) is 0 Å². The molecule has 0 bridgehead atoms. The number of pyridine rings is 1. The highest BCUT2D eigenvalue weighted by atomic mass is 14.7. The maximum Gasteiger partial charge on any atom is 0.0786 e. The molecule has 0 atom stereocenters. The maximum absolute atomic E-state index is 4.94. The second kappa shape index (κ2) is 6.61. The minimum absolute atomic E-state index is 1.06. The van der Waals surface area contributed by atoms with E-state index in [4.69, 9.17) is 4.98 Å². The van der Waals surface area contributed by atoms with E-state index in [1.165, 1.54) is 49.5 Å². The van der Waals surface area contributed by atoms with Crippen LogP contribution in [0.1, 0.15) is 11.1 Å². The second-order valence-electron chi connectivity index (χ2n) is 7.47. The van der Waals surface area contributed by atoms with Gasteiger partial charge in [-0.15, -0.1) is 0 Å². The van der Waals surface area contributed by atoms with E-state index in [0.29, 0.717) is 0 Å². The lowest BCUT2D eigenvalue weighted by atomic mass is 9.92. The van der Waals surface area contributed by atoms with Crippen LogP contribution in [-0.2, 0) is 0 Å². The first-order valence-electron chi connectivity index (χ1n) is 9.65. The average molecular weight is 359 g/mol. The van der Waals surface area contributed by atoms with Crippen LogP contribution in [-0.4, -0.2) is 4.98 Å². The summed E-state index contributed by atoms with van der Waals surface area (Å²) in [5, 5.41) is 3.69. The number of fused-ring (bicyclic) bond motifs is 3. The molecule has 0 aliphatic carbocycles. The van der Waals surface area contributed by atoms with E-state index in [0.717, 1.165) is 5.52 Å². The first-order chi connectivity index (χ1) is 13.7. The summed E-state index contributed by atoms with van der Waals surface area (Å²) in [5.74, 6) is 0. The molecule has 1 nitrogen and oxygen atoms in total. The number of benzene rings is 4. The van der Waals surface area contributed by atoms with Crippen molar-refractivity contribution in [3.05, 3.63) is 102 Å². The first-order valence-corrected chi connectivity index (χ1v) is 9.65. The third kappa shape index (κ3) is 2.76. The highest BCUT2D eigenvalue weighted by molar-refractivity contribution is 6.13. The average Bonchev–Trinajstić information content (AvgIpc) is 2.74. The molecule has 4 aromatic carbocycles. The summed E-state index contributed by atoms with van der Waals surface area (Å²) in [5.41, 5.74) is 8.46. The van der Waals surface area contributed by atoms with Crippen LogP contribution >= 0.6 is 0 Å². The van der Waals surface area contributed by atoms with Gasteiger partial charge in [0.15, 0.2) is 0 Å². The lowest BCUT2D eigenvalue weighted by molar-refractivity contribution is 1.41. The van der Waals surface area contributed by atoms with Gasteiger partial charge in [-0.1, -0.05) is 72.8 Å². The lowest BCUT2D eigenvalue weighted by Crippen LogP contribution is -1.91. The first kappa shape index (κ1) is 16.7. The molecule has 0 radical (unpaired) electrons. The Kier molecular flexibility index (Phi) is 3.95. The van der Waals surface area contributed by atoms with Crippen molar-refractivity contribution in [2.45, 2.75) is 13.8 Å². The van der Waals surface area contributed by atoms with Crippen molar-refractivity contribution < 1.29 is 0 Å². The number of rotatable bonds is 2. The van der Waals surface area contributed by atoms with E-state index in [1.807, 2.05) is 6.20 Å². The predicted molar refractivity (Wildman–Crippen MR) is 120 cm³/mol. The fourth-order valence-corrected chi connectivity index (χ4v) is 4.11. The SMILES string of the molecule is Cc1cc(-c2ccccc2)c2cnc3c(-c4ccccc4)cc(C)cc3c2c1. The molecule has 1 aromatic heterocycles. The molecule has 0 aliphatic rings. The number of aromatic nitrogens is 1. The van der Waals surface area contributed by atoms with Crippen LogP contribution in [0.5, 0.6) is 0 Å². The van der Waals surface area contributed by atoms with Crippen LogP contribution in [0.25, 0.3) is 43.9 Å². The quantitative estimate of drug-likeness (QED) is 0.300. The minimum Gasteiger partial charge on any atom is -0.255 e. The summed E-state index contributed by atoms with van der Waals surface area (Å²) in [6.07, 6.45) is 2.04. The van der Waals surface area contributed by atoms with Crippen molar-refractivity contribution in [3.8, 4) is 22.3 Å². The minimum atomic E-state index is 1.06. The normalized spacial score (nSPS) is 11.2. The Morgan fingerprint density at radius 1 is 0.536 bits per heavy atom. The van der Waals surface area contributed by atoms with Gasteiger partial charge in [-0.25, -0.2) is 0 Å². The lowest BCUT2D eigenvalue weighted by Gasteiger charge is -2.14. The zero-order chi connectivity index (χ0) is 19.1. The summed E-state index contributed by atoms with van der Waals surface area (Å²) in [6.45, 7) is 4.34. The van der Waals surface area contributed by atoms with Crippen molar-refractivity contribution in [1.82, 2.24) is 4.98 Å². The van der Waals surface area contributed by atoms with E-state index in [9.17, 15) is 0 Å². The Bertz CT molecular complexity index is 1200. The molecule has 28 heavy (non-hydrogen) atoms. The maximum atomic E-state index is 4.94. The van der Waals surface area contributed by atoms with E-state index in [2.05, 4.69) is 98.8 Å². The smallest absolute Gasteiger partial charge is 0.0786 e. The predicted octanol–water partition coefficient (Wildman–Crippen LogP) is 7.34. The van der Waals surface area contributed by atoms with Crippen LogP contribution < -0.4 is 0 Å². The Hall–Kier alpha value is -3.45. The standard InChI is InChI=1S/C27H21N/c1-18-13-22(20-9-5-3-6-10-20)26-17-28-27-23(21-11-7-4-8-12-21)14-19(2)16-25(27)24(26)15-18/h3-17H,1-2H3. The zero-order valence-corrected chi connectivity index (χ0v) is 16.1. The topological polar surface area (TPSA) is 12.9 Å². The monoisotopic (exact) mass is 359 g/mol. The Balaban J connectivity index is 1.89. The number of aryl methyl sites for hydroxylation is 2. The molecule has 1 heterocycles. The van der Waals surface area contributed by atoms with E-state index >= 15 is 0 Å². The van der Waals surface area contributed by atoms with E-state index in [1.54, 1.807) is 0 Å². The molecule has 0 amide bonds. The van der Waals surface area contributed by atoms with Gasteiger partial charge in [-0.2, -0.15) is 0 Å². The molecular formula is C27H21N. The largest absolute Gasteiger partial charge is 0.255 e. The molecule has 5 aromatic rings. The molecule has 0 unspecified atom stereocenters. The molecule has 0 spiro atoms. The van der Waals surface area contributed by atoms with Gasteiger partial charge in [0.25, 0.3) is 0 Å². The summed E-state index contributed by atoms with van der Waals surface area (Å²) < 4.78 is 0. The van der Waals surface area contributed by atoms with Crippen molar-refractivity contribution in [2.75, 3.05) is 0 Å². The van der Waals surface area contributed by atoms with Crippen LogP contribution in [0.4, 0.5) is 0 Å². The van der Waals surface area contributed by atoms with Crippen LogP contribution in [0.2, 0.25) is 0 Å². The molecule has 0 saturated carbocycles. The van der Waals surface area contributed by atoms with Crippen molar-refractivity contribution >= 4 is 21.7 Å². The van der Waals surface area contributed by atoms with E-state index in [-0.39, 0.29) is 0 Å². The fraction of sp³-hybridized carbons (Fsp3) is 0.0741. The number of hydrogen-bond acceptors (Lipinski definition) is 1. The van der Waals surface area contributed by atoms with Gasteiger partial charge in [-0.3, -0.25) is 4.98 Å². The van der Waals surface area contributed by atoms with Crippen LogP contribution in [0.15, 0.2) is 91.1 Å². The van der Waals surface area contributed by atoms with Gasteiger partial charge < -0.3 is 0 Å². The highest BCUT2D eigenvalue weighted by Crippen LogP contribution is 2.37. The third-order valence-electron chi connectivity index (χ3n) is 5.36. The highest BCUT2D eigenvalue weighted by Gasteiger charge is 2.13. The molecule has 0 saturated heterocycles. The van der Waals surface area contributed by atoms with Crippen LogP contribution in [0.3, 0.4) is 0 Å². The Morgan fingerprint density at radius 3 is 1.71 bits per heavy atom. The summed E-state index contributed by atoms with van der Waals surface area (Å²) in [7, 11) is 0. The van der Waals surface area contributed by atoms with Crippen molar-refractivity contribution in [2.24, 2.45) is 0 Å². The van der Waals surface area contributed by atoms with Crippen molar-refractivity contribution in [3.63, 3.8) is 0 Å². The summed E-state index contributed by atoms with van der Waals surface area (Å²) >= 11 is 0. The van der Waals surface area contributed by atoms with Gasteiger partial charge in [0, 0.05) is 22.5 Å². The molecule has 1 heteroatoms. The molecule has 0 fully saturated rings. The molecule has 0 N–H and O–H groups in total. The third-order valence-corrected chi connectivity index (χ3v) is 5.36. The van der Waals surface area contributed by atoms with Crippen molar-refractivity contribution in [1.29, 1.82) is 0 Å². The van der Waals surface area contributed by atoms with Gasteiger partial charge >= 0.3 is 0 Å². The number of nitrogens with zero attached hydrogens (tertiary/aromatic N) is 1. The van der Waals surface area contributed by atoms with Gasteiger partial charge in [0.1, 0.15) is 0 Å². The Labute approximate surface area is 165 Å². The molecule has 134 valence electrons. The second-order valence-corrected chi connectivity index (χ2v) is 7.47. The summed E-state index contributed by atoms with van der Waals surface area (Å²) in [4.78, 5) is 4.94. The summed E-state index contributed by atoms with van der Waals surface area (Å²) in [6, 6.07) is 30.2. The molecule has 0 aliphatic heterocycles. The van der Waals surface area contributed by atoms with Gasteiger partial charge in [-0.05, 0) is 59.2 Å². The Morgan fingerprint density at radius 2 is 1.07 bits per heavy atom. The molecule has 5 rings (SSSR count). The fourth-order valence-electron chi connectivity index (χ4n) is 4.11. The molecular weight excluding hydrogens is 338 g/mol. The van der Waals surface area contributed by atoms with Crippen LogP contribution in [0, 0.1) is 13.8 Å². The number of hydrogen-bond donors (Lipinski definition) is 0. The van der Waals surface area contributed by atoms with Gasteiger partial charge in [0.05, 0.1) is 5.52 Å². The zero-order valence-electron chi connectivity index (χ0n) is 16.1. The van der Waals surface area contributed by atoms with E-state index < -0.39 is 0 Å².